The Bertz CT molecular complexity index is 2720. The topological polar surface area (TPSA) is 77.2 Å². The standard InChI is InChI=1S/C28H33ClFN3O2.C28H33ClFN3O/c1-19-23(17-31-13-9-20(10-14-31)28-24(29)6-4-7-25(28)30)22-5-2-3-8-26(22)33(19)18-27(35)32-15-11-21(34)12-16-32;1-20-23(18-31-16-12-21(13-17-31)28-24(29)9-7-10-25(28)30)22-8-3-4-11-26(22)33(20)19-27(34)32-14-5-2-6-15-32/h2-8,20-21,34H,9-18H2,1H3;3-4,7-11,21H,2,5-6,12-19H2,1H3. The number of aliphatic hydroxyl groups is 1. The van der Waals surface area contributed by atoms with Crippen molar-refractivity contribution in [3.63, 3.8) is 0 Å². The highest BCUT2D eigenvalue weighted by atomic mass is 35.5. The van der Waals surface area contributed by atoms with Crippen LogP contribution in [0, 0.1) is 25.5 Å². The number of piperidine rings is 4. The van der Waals surface area contributed by atoms with E-state index < -0.39 is 0 Å². The van der Waals surface area contributed by atoms with E-state index >= 15 is 0 Å². The van der Waals surface area contributed by atoms with Crippen LogP contribution in [0.2, 0.25) is 10.0 Å². The number of hydrogen-bond acceptors (Lipinski definition) is 5. The van der Waals surface area contributed by atoms with Crippen LogP contribution in [0.3, 0.4) is 0 Å². The minimum atomic E-state index is -0.293. The quantitative estimate of drug-likeness (QED) is 0.148. The van der Waals surface area contributed by atoms with E-state index in [-0.39, 0.29) is 41.4 Å². The number of carbonyl (C=O) groups excluding carboxylic acids is 2. The number of likely N-dealkylation sites (tertiary alicyclic amines) is 4. The van der Waals surface area contributed by atoms with E-state index in [1.54, 1.807) is 24.3 Å². The zero-order chi connectivity index (χ0) is 48.2. The predicted octanol–water partition coefficient (Wildman–Crippen LogP) is 11.2. The zero-order valence-corrected chi connectivity index (χ0v) is 41.6. The number of benzene rings is 4. The second kappa shape index (κ2) is 22.1. The number of carbonyl (C=O) groups is 2. The molecule has 4 saturated heterocycles. The molecule has 13 heteroatoms. The maximum absolute atomic E-state index is 14.4. The van der Waals surface area contributed by atoms with Gasteiger partial charge in [-0.2, -0.15) is 0 Å². The smallest absolute Gasteiger partial charge is 0.242 e. The Morgan fingerprint density at radius 3 is 1.36 bits per heavy atom. The number of para-hydroxylation sites is 2. The van der Waals surface area contributed by atoms with Crippen molar-refractivity contribution in [1.82, 2.24) is 28.7 Å². The van der Waals surface area contributed by atoms with Gasteiger partial charge in [0.1, 0.15) is 24.7 Å². The maximum atomic E-state index is 14.4. The molecule has 69 heavy (non-hydrogen) atoms. The fourth-order valence-corrected chi connectivity index (χ4v) is 12.2. The molecule has 0 bridgehead atoms. The minimum absolute atomic E-state index is 0.106. The highest BCUT2D eigenvalue weighted by Gasteiger charge is 2.30. The summed E-state index contributed by atoms with van der Waals surface area (Å²) in [6.45, 7) is 13.2. The van der Waals surface area contributed by atoms with Crippen molar-refractivity contribution < 1.29 is 23.5 Å². The van der Waals surface area contributed by atoms with Gasteiger partial charge in [-0.15, -0.1) is 0 Å². The first-order chi connectivity index (χ1) is 33.4. The van der Waals surface area contributed by atoms with Crippen molar-refractivity contribution in [2.45, 2.75) is 116 Å². The molecule has 6 heterocycles. The number of amides is 2. The van der Waals surface area contributed by atoms with E-state index in [1.807, 2.05) is 15.9 Å². The molecule has 1 N–H and O–H groups in total. The summed E-state index contributed by atoms with van der Waals surface area (Å²) in [5, 5.41) is 13.3. The van der Waals surface area contributed by atoms with Gasteiger partial charge in [-0.1, -0.05) is 71.7 Å². The lowest BCUT2D eigenvalue weighted by molar-refractivity contribution is -0.134. The molecule has 4 aliphatic heterocycles. The Labute approximate surface area is 415 Å². The van der Waals surface area contributed by atoms with Crippen molar-refractivity contribution >= 4 is 56.8 Å². The molecular formula is C56H66Cl2F2N6O3. The highest BCUT2D eigenvalue weighted by Crippen LogP contribution is 2.38. The van der Waals surface area contributed by atoms with Crippen LogP contribution >= 0.6 is 23.2 Å². The minimum Gasteiger partial charge on any atom is -0.393 e. The Hall–Kier alpha value is -4.78. The molecule has 6 aromatic rings. The van der Waals surface area contributed by atoms with Crippen molar-refractivity contribution in [1.29, 1.82) is 0 Å². The largest absolute Gasteiger partial charge is 0.393 e. The average Bonchev–Trinajstić information content (AvgIpc) is 3.77. The van der Waals surface area contributed by atoms with Crippen LogP contribution in [0.5, 0.6) is 0 Å². The lowest BCUT2D eigenvalue weighted by Gasteiger charge is -2.32. The van der Waals surface area contributed by atoms with Crippen LogP contribution in [0.4, 0.5) is 8.78 Å². The van der Waals surface area contributed by atoms with Gasteiger partial charge in [-0.05, 0) is 157 Å². The van der Waals surface area contributed by atoms with Crippen LogP contribution in [0.25, 0.3) is 21.8 Å². The van der Waals surface area contributed by atoms with Crippen molar-refractivity contribution in [3.8, 4) is 0 Å². The number of hydrogen-bond donors (Lipinski definition) is 1. The van der Waals surface area contributed by atoms with Gasteiger partial charge < -0.3 is 24.0 Å². The number of fused-ring (bicyclic) bond motifs is 2. The highest BCUT2D eigenvalue weighted by molar-refractivity contribution is 6.31. The molecule has 0 radical (unpaired) electrons. The molecule has 4 fully saturated rings. The van der Waals surface area contributed by atoms with E-state index in [2.05, 4.69) is 75.2 Å². The van der Waals surface area contributed by atoms with E-state index in [9.17, 15) is 23.5 Å². The van der Waals surface area contributed by atoms with Crippen LogP contribution in [-0.4, -0.2) is 104 Å². The fourth-order valence-electron chi connectivity index (χ4n) is 11.5. The summed E-state index contributed by atoms with van der Waals surface area (Å²) in [5.74, 6) is 0.233. The fraction of sp³-hybridized carbons (Fsp3) is 0.464. The molecule has 0 unspecified atom stereocenters. The molecule has 9 nitrogen and oxygen atoms in total. The summed E-state index contributed by atoms with van der Waals surface area (Å²) >= 11 is 12.7. The summed E-state index contributed by atoms with van der Waals surface area (Å²) in [6.07, 6.45) is 7.98. The molecule has 2 aromatic heterocycles. The summed E-state index contributed by atoms with van der Waals surface area (Å²) in [5.41, 5.74) is 8.39. The van der Waals surface area contributed by atoms with Gasteiger partial charge in [-0.25, -0.2) is 8.78 Å². The first kappa shape index (κ1) is 49.2. The van der Waals surface area contributed by atoms with Crippen molar-refractivity contribution in [2.75, 3.05) is 52.4 Å². The van der Waals surface area contributed by atoms with Crippen LogP contribution in [-0.2, 0) is 35.8 Å². The van der Waals surface area contributed by atoms with Crippen LogP contribution < -0.4 is 0 Å². The lowest BCUT2D eigenvalue weighted by atomic mass is 9.89. The number of halogens is 4. The molecule has 0 aliphatic carbocycles. The average molecular weight is 980 g/mol. The molecule has 10 rings (SSSR count). The van der Waals surface area contributed by atoms with Gasteiger partial charge in [0.2, 0.25) is 11.8 Å². The van der Waals surface area contributed by atoms with Crippen molar-refractivity contribution in [3.05, 3.63) is 140 Å². The van der Waals surface area contributed by atoms with Gasteiger partial charge in [-0.3, -0.25) is 19.4 Å². The van der Waals surface area contributed by atoms with Gasteiger partial charge >= 0.3 is 0 Å². The SMILES string of the molecule is Cc1c(CN2CCC(c3c(F)cccc3Cl)CC2)c2ccccc2n1CC(=O)N1CCC(O)CC1.Cc1c(CN2CCC(c3c(F)cccc3Cl)CC2)c2ccccc2n1CC(=O)N1CCCCC1. The third-order valence-electron chi connectivity index (χ3n) is 15.6. The Morgan fingerprint density at radius 1 is 0.536 bits per heavy atom. The Morgan fingerprint density at radius 2 is 0.942 bits per heavy atom. The molecule has 0 saturated carbocycles. The van der Waals surface area contributed by atoms with E-state index in [4.69, 9.17) is 23.2 Å². The lowest BCUT2D eigenvalue weighted by Crippen LogP contribution is -2.41. The first-order valence-corrected chi connectivity index (χ1v) is 25.9. The summed E-state index contributed by atoms with van der Waals surface area (Å²) in [4.78, 5) is 34.9. The number of rotatable bonds is 10. The molecule has 2 amide bonds. The first-order valence-electron chi connectivity index (χ1n) is 25.1. The van der Waals surface area contributed by atoms with E-state index in [1.165, 1.54) is 46.1 Å². The van der Waals surface area contributed by atoms with E-state index in [0.29, 0.717) is 60.2 Å². The maximum Gasteiger partial charge on any atom is 0.242 e. The Balaban J connectivity index is 0.000000172. The zero-order valence-electron chi connectivity index (χ0n) is 40.1. The number of aromatic nitrogens is 2. The van der Waals surface area contributed by atoms with Gasteiger partial charge in [0.15, 0.2) is 0 Å². The van der Waals surface area contributed by atoms with Crippen LogP contribution in [0.1, 0.15) is 103 Å². The molecule has 4 aromatic carbocycles. The molecule has 0 atom stereocenters. The predicted molar refractivity (Wildman–Crippen MR) is 273 cm³/mol. The second-order valence-corrected chi connectivity index (χ2v) is 20.6. The summed E-state index contributed by atoms with van der Waals surface area (Å²) in [6, 6.07) is 26.6. The summed E-state index contributed by atoms with van der Waals surface area (Å²) < 4.78 is 33.2. The molecule has 366 valence electrons. The Kier molecular flexibility index (Phi) is 15.8. The second-order valence-electron chi connectivity index (χ2n) is 19.8. The third kappa shape index (κ3) is 10.9. The van der Waals surface area contributed by atoms with Crippen LogP contribution in [0.15, 0.2) is 84.9 Å². The molecular weight excluding hydrogens is 914 g/mol. The van der Waals surface area contributed by atoms with Gasteiger partial charge in [0.25, 0.3) is 0 Å². The van der Waals surface area contributed by atoms with E-state index in [0.717, 1.165) is 108 Å². The van der Waals surface area contributed by atoms with Gasteiger partial charge in [0.05, 0.1) is 6.10 Å². The number of aliphatic hydroxyl groups excluding tert-OH is 1. The number of nitrogens with zero attached hydrogens (tertiary/aromatic N) is 6. The normalized spacial score (nSPS) is 18.2. The van der Waals surface area contributed by atoms with Crippen molar-refractivity contribution in [2.24, 2.45) is 0 Å². The third-order valence-corrected chi connectivity index (χ3v) is 16.2. The summed E-state index contributed by atoms with van der Waals surface area (Å²) in [7, 11) is 0. The molecule has 4 aliphatic rings. The monoisotopic (exact) mass is 978 g/mol. The van der Waals surface area contributed by atoms with Gasteiger partial charge in [0, 0.05) is 93.6 Å². The molecule has 0 spiro atoms.